The van der Waals surface area contributed by atoms with Gasteiger partial charge in [-0.1, -0.05) is 5.16 Å². The number of halogens is 3. The first-order chi connectivity index (χ1) is 15.1. The highest BCUT2D eigenvalue weighted by atomic mass is 32.2. The molecule has 0 aliphatic carbocycles. The second kappa shape index (κ2) is 7.97. The van der Waals surface area contributed by atoms with E-state index in [0.29, 0.717) is 35.4 Å². The van der Waals surface area contributed by atoms with Crippen molar-refractivity contribution in [3.05, 3.63) is 35.9 Å². The van der Waals surface area contributed by atoms with E-state index in [1.165, 1.54) is 19.2 Å². The smallest absolute Gasteiger partial charge is 0.497 e. The quantitative estimate of drug-likeness (QED) is 0.533. The highest BCUT2D eigenvalue weighted by Crippen LogP contribution is 2.39. The molecule has 1 aromatic heterocycles. The Kier molecular flexibility index (Phi) is 5.44. The Morgan fingerprint density at radius 3 is 2.72 bits per heavy atom. The summed E-state index contributed by atoms with van der Waals surface area (Å²) in [6, 6.07) is 7.76. The van der Waals surface area contributed by atoms with Gasteiger partial charge in [0.1, 0.15) is 11.4 Å². The van der Waals surface area contributed by atoms with Gasteiger partial charge in [0.15, 0.2) is 5.58 Å². The Bertz CT molecular complexity index is 1300. The minimum atomic E-state index is -5.65. The summed E-state index contributed by atoms with van der Waals surface area (Å²) >= 11 is 0. The van der Waals surface area contributed by atoms with Gasteiger partial charge in [0.25, 0.3) is 0 Å². The van der Waals surface area contributed by atoms with Crippen LogP contribution in [0.3, 0.4) is 0 Å². The van der Waals surface area contributed by atoms with Gasteiger partial charge in [-0.05, 0) is 42.7 Å². The predicted molar refractivity (Wildman–Crippen MR) is 111 cm³/mol. The number of benzene rings is 2. The summed E-state index contributed by atoms with van der Waals surface area (Å²) in [5, 5.41) is 12.3. The summed E-state index contributed by atoms with van der Waals surface area (Å²) in [6.45, 7) is 0.688. The number of aromatic nitrogens is 1. The number of nitrogens with one attached hydrogen (secondary N) is 1. The van der Waals surface area contributed by atoms with Crippen molar-refractivity contribution in [3.8, 4) is 5.75 Å². The predicted octanol–water partition coefficient (Wildman–Crippen LogP) is 4.90. The van der Waals surface area contributed by atoms with Crippen molar-refractivity contribution in [1.29, 1.82) is 0 Å². The van der Waals surface area contributed by atoms with Gasteiger partial charge in [-0.25, -0.2) is 0 Å². The van der Waals surface area contributed by atoms with Crippen molar-refractivity contribution < 1.29 is 30.8 Å². The third-order valence-electron chi connectivity index (χ3n) is 5.01. The molecule has 1 aliphatic rings. The lowest BCUT2D eigenvalue weighted by Crippen LogP contribution is -2.30. The van der Waals surface area contributed by atoms with Crippen LogP contribution in [-0.2, 0) is 16.4 Å². The van der Waals surface area contributed by atoms with Gasteiger partial charge in [0, 0.05) is 25.3 Å². The maximum atomic E-state index is 13.0. The Balaban J connectivity index is 1.77. The highest BCUT2D eigenvalue weighted by Gasteiger charge is 2.46. The van der Waals surface area contributed by atoms with Crippen LogP contribution in [0.4, 0.5) is 36.1 Å². The number of aryl methyl sites for hydroxylation is 1. The van der Waals surface area contributed by atoms with Gasteiger partial charge < -0.3 is 14.2 Å². The monoisotopic (exact) mass is 469 g/mol. The number of sulfonamides is 1. The summed E-state index contributed by atoms with van der Waals surface area (Å²) in [5.74, 6) is 0.627. The first-order valence-electron chi connectivity index (χ1n) is 9.41. The maximum absolute atomic E-state index is 13.0. The van der Waals surface area contributed by atoms with E-state index in [0.717, 1.165) is 12.0 Å². The van der Waals surface area contributed by atoms with Gasteiger partial charge >= 0.3 is 15.5 Å². The fourth-order valence-electron chi connectivity index (χ4n) is 3.37. The van der Waals surface area contributed by atoms with E-state index in [-0.39, 0.29) is 17.2 Å². The Labute approximate surface area is 180 Å². The van der Waals surface area contributed by atoms with Crippen molar-refractivity contribution in [1.82, 2.24) is 5.16 Å². The van der Waals surface area contributed by atoms with Crippen LogP contribution >= 0.6 is 0 Å². The van der Waals surface area contributed by atoms with Crippen LogP contribution in [-0.4, -0.2) is 39.8 Å². The average molecular weight is 469 g/mol. The SMILES string of the molecule is COc1ccc2c(N=Nc3cc4c(cc3NS(=O)(=O)C(F)(F)F)N(C)CCC4)noc2c1. The van der Waals surface area contributed by atoms with E-state index in [4.69, 9.17) is 9.26 Å². The molecule has 170 valence electrons. The molecule has 0 atom stereocenters. The molecule has 4 rings (SSSR count). The number of nitrogens with zero attached hydrogens (tertiary/aromatic N) is 4. The molecule has 3 aromatic rings. The van der Waals surface area contributed by atoms with Gasteiger partial charge in [0.05, 0.1) is 18.2 Å². The molecule has 0 unspecified atom stereocenters. The van der Waals surface area contributed by atoms with Crippen LogP contribution in [0.25, 0.3) is 11.0 Å². The first kappa shape index (κ1) is 21.9. The third-order valence-corrected chi connectivity index (χ3v) is 6.11. The van der Waals surface area contributed by atoms with Crippen LogP contribution in [0.2, 0.25) is 0 Å². The average Bonchev–Trinajstić information content (AvgIpc) is 3.14. The lowest BCUT2D eigenvalue weighted by molar-refractivity contribution is -0.0429. The molecule has 0 fully saturated rings. The molecule has 9 nitrogen and oxygen atoms in total. The van der Waals surface area contributed by atoms with E-state index in [2.05, 4.69) is 15.4 Å². The molecule has 0 saturated carbocycles. The van der Waals surface area contributed by atoms with E-state index in [1.54, 1.807) is 30.0 Å². The van der Waals surface area contributed by atoms with Crippen LogP contribution in [0, 0.1) is 0 Å². The minimum Gasteiger partial charge on any atom is -0.497 e. The molecular formula is C19H18F3N5O4S. The summed E-state index contributed by atoms with van der Waals surface area (Å²) < 4.78 is 74.2. The number of ether oxygens (including phenoxy) is 1. The van der Waals surface area contributed by atoms with Crippen molar-refractivity contribution in [2.24, 2.45) is 10.2 Å². The van der Waals surface area contributed by atoms with Gasteiger partial charge in [-0.3, -0.25) is 4.72 Å². The largest absolute Gasteiger partial charge is 0.516 e. The lowest BCUT2D eigenvalue weighted by atomic mass is 10.0. The molecule has 32 heavy (non-hydrogen) atoms. The normalized spacial score (nSPS) is 14.7. The standard InChI is InChI=1S/C19H18F3N5O4S/c1-27-7-3-4-11-8-14(15(10-16(11)27)26-32(28,29)19(20,21)22)23-24-18-13-6-5-12(30-2)9-17(13)31-25-18/h5-6,8-10,26H,3-4,7H2,1-2H3. The number of hydrogen-bond donors (Lipinski definition) is 1. The van der Waals surface area contributed by atoms with Gasteiger partial charge in [0.2, 0.25) is 5.82 Å². The fourth-order valence-corrected chi connectivity index (χ4v) is 3.94. The Hall–Kier alpha value is -3.35. The Morgan fingerprint density at radius 1 is 1.22 bits per heavy atom. The molecular weight excluding hydrogens is 451 g/mol. The van der Waals surface area contributed by atoms with Crippen LogP contribution in [0.1, 0.15) is 12.0 Å². The van der Waals surface area contributed by atoms with Gasteiger partial charge in [-0.2, -0.15) is 21.6 Å². The van der Waals surface area contributed by atoms with Crippen molar-refractivity contribution >= 4 is 43.9 Å². The van der Waals surface area contributed by atoms with Crippen LogP contribution < -0.4 is 14.4 Å². The molecule has 2 heterocycles. The minimum absolute atomic E-state index is 0.0727. The number of azo groups is 1. The number of alkyl halides is 3. The van der Waals surface area contributed by atoms with E-state index >= 15 is 0 Å². The summed E-state index contributed by atoms with van der Waals surface area (Å²) in [5.41, 5.74) is -4.08. The van der Waals surface area contributed by atoms with Crippen molar-refractivity contribution in [2.45, 2.75) is 18.3 Å². The first-order valence-corrected chi connectivity index (χ1v) is 10.9. The lowest BCUT2D eigenvalue weighted by Gasteiger charge is -2.28. The van der Waals surface area contributed by atoms with Gasteiger partial charge in [-0.15, -0.1) is 10.2 Å². The molecule has 1 N–H and O–H groups in total. The number of rotatable bonds is 5. The fraction of sp³-hybridized carbons (Fsp3) is 0.316. The summed E-state index contributed by atoms with van der Waals surface area (Å²) in [6.07, 6.45) is 1.50. The number of methoxy groups -OCH3 is 1. The van der Waals surface area contributed by atoms with Crippen LogP contribution in [0.15, 0.2) is 45.1 Å². The Morgan fingerprint density at radius 2 is 2.00 bits per heavy atom. The number of hydrogen-bond acceptors (Lipinski definition) is 8. The molecule has 0 spiro atoms. The summed E-state index contributed by atoms with van der Waals surface area (Å²) in [7, 11) is -2.38. The summed E-state index contributed by atoms with van der Waals surface area (Å²) in [4.78, 5) is 1.84. The van der Waals surface area contributed by atoms with E-state index < -0.39 is 15.5 Å². The second-order valence-corrected chi connectivity index (χ2v) is 8.82. The highest BCUT2D eigenvalue weighted by molar-refractivity contribution is 7.93. The maximum Gasteiger partial charge on any atom is 0.516 e. The molecule has 0 saturated heterocycles. The number of fused-ring (bicyclic) bond motifs is 2. The van der Waals surface area contributed by atoms with Crippen molar-refractivity contribution in [3.63, 3.8) is 0 Å². The third kappa shape index (κ3) is 4.07. The molecule has 0 amide bonds. The van der Waals surface area contributed by atoms with Crippen LogP contribution in [0.5, 0.6) is 5.75 Å². The van der Waals surface area contributed by atoms with E-state index in [1.807, 2.05) is 4.90 Å². The number of anilines is 2. The molecule has 0 bridgehead atoms. The topological polar surface area (TPSA) is 109 Å². The zero-order valence-corrected chi connectivity index (χ0v) is 17.8. The molecule has 1 aliphatic heterocycles. The molecule has 0 radical (unpaired) electrons. The second-order valence-electron chi connectivity index (χ2n) is 7.14. The van der Waals surface area contributed by atoms with E-state index in [9.17, 15) is 21.6 Å². The molecule has 2 aromatic carbocycles. The zero-order valence-electron chi connectivity index (χ0n) is 17.0. The van der Waals surface area contributed by atoms with Crippen molar-refractivity contribution in [2.75, 3.05) is 30.3 Å². The molecule has 13 heteroatoms. The zero-order chi connectivity index (χ0) is 23.1.